The highest BCUT2D eigenvalue weighted by atomic mass is 32.1. The Labute approximate surface area is 119 Å². The topological polar surface area (TPSA) is 96.8 Å². The first kappa shape index (κ1) is 14.6. The van der Waals surface area contributed by atoms with Crippen molar-refractivity contribution in [2.24, 2.45) is 5.92 Å². The van der Waals surface area contributed by atoms with E-state index < -0.39 is 11.8 Å². The molecule has 20 heavy (non-hydrogen) atoms. The molecule has 2 rings (SSSR count). The van der Waals surface area contributed by atoms with Gasteiger partial charge in [-0.15, -0.1) is 11.3 Å². The van der Waals surface area contributed by atoms with E-state index >= 15 is 0 Å². The third-order valence-electron chi connectivity index (χ3n) is 2.88. The summed E-state index contributed by atoms with van der Waals surface area (Å²) < 4.78 is 4.61. The molecule has 0 aromatic carbocycles. The SMILES string of the molecule is CCOC(=O)C(=O)c1csc(N2CC(CO)CC2=O)n1. The summed E-state index contributed by atoms with van der Waals surface area (Å²) in [5, 5.41) is 10.8. The van der Waals surface area contributed by atoms with E-state index in [0.29, 0.717) is 11.7 Å². The summed E-state index contributed by atoms with van der Waals surface area (Å²) in [5.74, 6) is -2.03. The Morgan fingerprint density at radius 3 is 2.95 bits per heavy atom. The number of rotatable bonds is 5. The van der Waals surface area contributed by atoms with Gasteiger partial charge < -0.3 is 9.84 Å². The van der Waals surface area contributed by atoms with Crippen LogP contribution in [0.2, 0.25) is 0 Å². The number of aromatic nitrogens is 1. The molecule has 0 radical (unpaired) electrons. The first-order valence-electron chi connectivity index (χ1n) is 6.15. The summed E-state index contributed by atoms with van der Waals surface area (Å²) >= 11 is 1.11. The fourth-order valence-corrected chi connectivity index (χ4v) is 2.71. The van der Waals surface area contributed by atoms with Gasteiger partial charge in [0.2, 0.25) is 5.91 Å². The third-order valence-corrected chi connectivity index (χ3v) is 3.74. The highest BCUT2D eigenvalue weighted by Gasteiger charge is 2.32. The first-order valence-corrected chi connectivity index (χ1v) is 7.03. The Hall–Kier alpha value is -1.80. The molecule has 0 saturated carbocycles. The molecule has 1 unspecified atom stereocenters. The van der Waals surface area contributed by atoms with Gasteiger partial charge in [-0.25, -0.2) is 9.78 Å². The van der Waals surface area contributed by atoms with E-state index in [2.05, 4.69) is 9.72 Å². The van der Waals surface area contributed by atoms with E-state index in [9.17, 15) is 14.4 Å². The number of aliphatic hydroxyl groups is 1. The van der Waals surface area contributed by atoms with E-state index in [1.807, 2.05) is 0 Å². The minimum Gasteiger partial charge on any atom is -0.460 e. The number of carbonyl (C=O) groups is 3. The molecule has 2 heterocycles. The Morgan fingerprint density at radius 1 is 1.60 bits per heavy atom. The van der Waals surface area contributed by atoms with Crippen LogP contribution in [0.4, 0.5) is 5.13 Å². The van der Waals surface area contributed by atoms with Gasteiger partial charge in [-0.05, 0) is 6.92 Å². The second-order valence-electron chi connectivity index (χ2n) is 4.32. The zero-order valence-corrected chi connectivity index (χ0v) is 11.7. The maximum Gasteiger partial charge on any atom is 0.381 e. The molecule has 7 nitrogen and oxygen atoms in total. The van der Waals surface area contributed by atoms with Crippen LogP contribution in [0.5, 0.6) is 0 Å². The summed E-state index contributed by atoms with van der Waals surface area (Å²) in [7, 11) is 0. The molecule has 0 aliphatic carbocycles. The van der Waals surface area contributed by atoms with Crippen molar-refractivity contribution < 1.29 is 24.2 Å². The fraction of sp³-hybridized carbons (Fsp3) is 0.500. The highest BCUT2D eigenvalue weighted by Crippen LogP contribution is 2.28. The molecular weight excluding hydrogens is 284 g/mol. The van der Waals surface area contributed by atoms with Crippen LogP contribution < -0.4 is 4.90 Å². The van der Waals surface area contributed by atoms with Crippen LogP contribution in [0, 0.1) is 5.92 Å². The average molecular weight is 298 g/mol. The van der Waals surface area contributed by atoms with Crippen LogP contribution in [-0.2, 0) is 14.3 Å². The zero-order valence-electron chi connectivity index (χ0n) is 10.9. The third kappa shape index (κ3) is 2.86. The quantitative estimate of drug-likeness (QED) is 0.475. The number of thiazole rings is 1. The van der Waals surface area contributed by atoms with Gasteiger partial charge in [-0.3, -0.25) is 14.5 Å². The fourth-order valence-electron chi connectivity index (χ4n) is 1.88. The predicted molar refractivity (Wildman–Crippen MR) is 70.6 cm³/mol. The first-order chi connectivity index (χ1) is 9.56. The lowest BCUT2D eigenvalue weighted by Crippen LogP contribution is -2.25. The van der Waals surface area contributed by atoms with E-state index in [-0.39, 0.29) is 37.2 Å². The Bertz CT molecular complexity index is 542. The molecule has 1 fully saturated rings. The molecule has 1 aliphatic rings. The number of nitrogens with zero attached hydrogens (tertiary/aromatic N) is 2. The zero-order chi connectivity index (χ0) is 14.7. The number of Topliss-reactive ketones (excluding diaryl/α,β-unsaturated/α-hetero) is 1. The molecule has 0 spiro atoms. The molecule has 1 aromatic rings. The van der Waals surface area contributed by atoms with Crippen molar-refractivity contribution in [3.05, 3.63) is 11.1 Å². The number of carbonyl (C=O) groups excluding carboxylic acids is 3. The van der Waals surface area contributed by atoms with Gasteiger partial charge in [0.05, 0.1) is 6.61 Å². The summed E-state index contributed by atoms with van der Waals surface area (Å²) in [6, 6.07) is 0. The number of esters is 1. The van der Waals surface area contributed by atoms with E-state index in [1.165, 1.54) is 10.3 Å². The Morgan fingerprint density at radius 2 is 2.35 bits per heavy atom. The van der Waals surface area contributed by atoms with Crippen LogP contribution in [0.25, 0.3) is 0 Å². The standard InChI is InChI=1S/C12H14N2O5S/c1-2-19-11(18)10(17)8-6-20-12(13-8)14-4-7(5-15)3-9(14)16/h6-7,15H,2-5H2,1H3. The predicted octanol–water partition coefficient (Wildman–Crippen LogP) is 0.234. The maximum atomic E-state index is 11.8. The van der Waals surface area contributed by atoms with Crippen molar-refractivity contribution in [3.8, 4) is 0 Å². The molecule has 1 N–H and O–H groups in total. The minimum absolute atomic E-state index is 0.0244. The molecule has 8 heteroatoms. The second kappa shape index (κ2) is 6.10. The summed E-state index contributed by atoms with van der Waals surface area (Å²) in [6.45, 7) is 2.03. The number of amides is 1. The molecule has 1 aliphatic heterocycles. The largest absolute Gasteiger partial charge is 0.460 e. The molecule has 1 atom stereocenters. The number of ether oxygens (including phenoxy) is 1. The molecular formula is C12H14N2O5S. The van der Waals surface area contributed by atoms with E-state index in [1.54, 1.807) is 6.92 Å². The summed E-state index contributed by atoms with van der Waals surface area (Å²) in [6.07, 6.45) is 0.261. The van der Waals surface area contributed by atoms with E-state index in [0.717, 1.165) is 11.3 Å². The van der Waals surface area contributed by atoms with Crippen molar-refractivity contribution in [3.63, 3.8) is 0 Å². The van der Waals surface area contributed by atoms with Crippen LogP contribution in [-0.4, -0.2) is 47.5 Å². The smallest absolute Gasteiger partial charge is 0.381 e. The summed E-state index contributed by atoms with van der Waals surface area (Å²) in [5.41, 5.74) is -0.0244. The average Bonchev–Trinajstić information content (AvgIpc) is 3.04. The molecule has 1 saturated heterocycles. The number of hydrogen-bond donors (Lipinski definition) is 1. The molecule has 1 amide bonds. The summed E-state index contributed by atoms with van der Waals surface area (Å²) in [4.78, 5) is 40.2. The Balaban J connectivity index is 2.11. The van der Waals surface area contributed by atoms with Gasteiger partial charge in [0.15, 0.2) is 5.13 Å². The highest BCUT2D eigenvalue weighted by molar-refractivity contribution is 7.14. The number of ketones is 1. The van der Waals surface area contributed by atoms with Crippen molar-refractivity contribution >= 4 is 34.1 Å². The number of aliphatic hydroxyl groups excluding tert-OH is 1. The van der Waals surface area contributed by atoms with E-state index in [4.69, 9.17) is 5.11 Å². The van der Waals surface area contributed by atoms with Gasteiger partial charge >= 0.3 is 5.97 Å². The van der Waals surface area contributed by atoms with Gasteiger partial charge in [0.25, 0.3) is 5.78 Å². The van der Waals surface area contributed by atoms with Crippen LogP contribution in [0.15, 0.2) is 5.38 Å². The van der Waals surface area contributed by atoms with Crippen LogP contribution in [0.1, 0.15) is 23.8 Å². The lowest BCUT2D eigenvalue weighted by molar-refractivity contribution is -0.137. The van der Waals surface area contributed by atoms with Crippen molar-refractivity contribution in [1.82, 2.24) is 4.98 Å². The van der Waals surface area contributed by atoms with Gasteiger partial charge in [0, 0.05) is 30.9 Å². The maximum absolute atomic E-state index is 11.8. The van der Waals surface area contributed by atoms with Crippen molar-refractivity contribution in [2.75, 3.05) is 24.7 Å². The van der Waals surface area contributed by atoms with Crippen molar-refractivity contribution in [1.29, 1.82) is 0 Å². The lowest BCUT2D eigenvalue weighted by atomic mass is 10.1. The van der Waals surface area contributed by atoms with Crippen molar-refractivity contribution in [2.45, 2.75) is 13.3 Å². The molecule has 1 aromatic heterocycles. The minimum atomic E-state index is -0.953. The lowest BCUT2D eigenvalue weighted by Gasteiger charge is -2.11. The molecule has 0 bridgehead atoms. The monoisotopic (exact) mass is 298 g/mol. The number of anilines is 1. The normalized spacial score (nSPS) is 18.4. The molecule has 108 valence electrons. The van der Waals surface area contributed by atoms with Gasteiger partial charge in [-0.2, -0.15) is 0 Å². The second-order valence-corrected chi connectivity index (χ2v) is 5.16. The van der Waals surface area contributed by atoms with Crippen LogP contribution in [0.3, 0.4) is 0 Å². The van der Waals surface area contributed by atoms with Gasteiger partial charge in [0.1, 0.15) is 5.69 Å². The van der Waals surface area contributed by atoms with Gasteiger partial charge in [-0.1, -0.05) is 0 Å². The number of hydrogen-bond acceptors (Lipinski definition) is 7. The Kier molecular flexibility index (Phi) is 4.46. The van der Waals surface area contributed by atoms with Crippen LogP contribution >= 0.6 is 11.3 Å².